The molecule has 0 saturated heterocycles. The summed E-state index contributed by atoms with van der Waals surface area (Å²) in [6.07, 6.45) is 4.80. The Morgan fingerprint density at radius 3 is 2.86 bits per heavy atom. The number of halogens is 2. The number of hydrogen-bond donors (Lipinski definition) is 1. The molecule has 118 valence electrons. The number of rotatable bonds is 7. The molecule has 0 saturated carbocycles. The van der Waals surface area contributed by atoms with Gasteiger partial charge in [-0.2, -0.15) is 8.78 Å². The minimum Gasteiger partial charge on any atom is -0.493 e. The molecule has 2 rings (SSSR count). The second-order valence-electron chi connectivity index (χ2n) is 4.38. The lowest BCUT2D eigenvalue weighted by Crippen LogP contribution is -2.26. The highest BCUT2D eigenvalue weighted by atomic mass is 19.3. The Labute approximate surface area is 125 Å². The van der Waals surface area contributed by atoms with E-state index in [-0.39, 0.29) is 30.5 Å². The number of ether oxygens (including phenoxy) is 2. The minimum absolute atomic E-state index is 0.0500. The Bertz CT molecular complexity index is 618. The van der Waals surface area contributed by atoms with Gasteiger partial charge in [-0.25, -0.2) is 4.98 Å². The summed E-state index contributed by atoms with van der Waals surface area (Å²) in [5.74, 6) is -0.0578. The van der Waals surface area contributed by atoms with Gasteiger partial charge in [-0.05, 0) is 17.7 Å². The fraction of sp³-hybridized carbons (Fsp3) is 0.286. The molecule has 0 radical (unpaired) electrons. The number of nitrogens with zero attached hydrogens (tertiary/aromatic N) is 2. The largest absolute Gasteiger partial charge is 0.493 e. The minimum atomic E-state index is -2.92. The zero-order valence-corrected chi connectivity index (χ0v) is 11.8. The van der Waals surface area contributed by atoms with E-state index in [0.29, 0.717) is 5.56 Å². The Hall–Kier alpha value is -2.64. The molecular weight excluding hydrogens is 296 g/mol. The number of alkyl halides is 2. The fourth-order valence-electron chi connectivity index (χ4n) is 1.82. The third-order valence-electron chi connectivity index (χ3n) is 2.82. The van der Waals surface area contributed by atoms with Crippen molar-refractivity contribution in [3.8, 4) is 11.5 Å². The van der Waals surface area contributed by atoms with Gasteiger partial charge >= 0.3 is 6.61 Å². The van der Waals surface area contributed by atoms with Gasteiger partial charge in [0, 0.05) is 18.9 Å². The molecule has 0 atom stereocenters. The average Bonchev–Trinajstić information content (AvgIpc) is 2.98. The van der Waals surface area contributed by atoms with Gasteiger partial charge < -0.3 is 19.4 Å². The highest BCUT2D eigenvalue weighted by molar-refractivity contribution is 5.75. The zero-order valence-electron chi connectivity index (χ0n) is 11.8. The molecule has 22 heavy (non-hydrogen) atoms. The molecule has 0 aliphatic heterocycles. The Kier molecular flexibility index (Phi) is 5.29. The maximum Gasteiger partial charge on any atom is 0.387 e. The third kappa shape index (κ3) is 4.44. The standard InChI is InChI=1S/C14H15F2N3O3/c1-21-12-6-10(2-3-11(12)22-14(15)16)7-18-13(20)8-19-5-4-17-9-19/h2-6,9,14H,7-8H2,1H3,(H,18,20). The van der Waals surface area contributed by atoms with E-state index in [1.54, 1.807) is 29.4 Å². The lowest BCUT2D eigenvalue weighted by atomic mass is 10.2. The number of imidazole rings is 1. The molecule has 1 aromatic heterocycles. The van der Waals surface area contributed by atoms with Crippen LogP contribution in [0.1, 0.15) is 5.56 Å². The second-order valence-corrected chi connectivity index (χ2v) is 4.38. The first-order chi connectivity index (χ1) is 10.6. The molecule has 1 amide bonds. The summed E-state index contributed by atoms with van der Waals surface area (Å²) in [6.45, 7) is -2.52. The molecule has 1 aromatic carbocycles. The van der Waals surface area contributed by atoms with Crippen molar-refractivity contribution in [3.63, 3.8) is 0 Å². The number of methoxy groups -OCH3 is 1. The maximum atomic E-state index is 12.2. The first-order valence-electron chi connectivity index (χ1n) is 6.42. The summed E-state index contributed by atoms with van der Waals surface area (Å²) in [6, 6.07) is 4.50. The van der Waals surface area contributed by atoms with Crippen LogP contribution in [0.4, 0.5) is 8.78 Å². The quantitative estimate of drug-likeness (QED) is 0.847. The molecule has 1 heterocycles. The summed E-state index contributed by atoms with van der Waals surface area (Å²) in [5.41, 5.74) is 0.706. The maximum absolute atomic E-state index is 12.2. The molecule has 0 aliphatic rings. The van der Waals surface area contributed by atoms with E-state index in [0.717, 1.165) is 0 Å². The monoisotopic (exact) mass is 311 g/mol. The SMILES string of the molecule is COc1cc(CNC(=O)Cn2ccnc2)ccc1OC(F)F. The van der Waals surface area contributed by atoms with Gasteiger partial charge in [-0.3, -0.25) is 4.79 Å². The second kappa shape index (κ2) is 7.39. The van der Waals surface area contributed by atoms with Crippen LogP contribution in [0.5, 0.6) is 11.5 Å². The van der Waals surface area contributed by atoms with E-state index in [4.69, 9.17) is 4.74 Å². The summed E-state index contributed by atoms with van der Waals surface area (Å²) < 4.78 is 35.4. The molecule has 0 aliphatic carbocycles. The number of aromatic nitrogens is 2. The van der Waals surface area contributed by atoms with Crippen molar-refractivity contribution in [1.82, 2.24) is 14.9 Å². The van der Waals surface area contributed by atoms with Crippen LogP contribution in [0, 0.1) is 0 Å². The zero-order chi connectivity index (χ0) is 15.9. The van der Waals surface area contributed by atoms with Crippen molar-refractivity contribution in [2.24, 2.45) is 0 Å². The molecular formula is C14H15F2N3O3. The number of amides is 1. The van der Waals surface area contributed by atoms with Gasteiger partial charge in [0.15, 0.2) is 11.5 Å². The van der Waals surface area contributed by atoms with Crippen LogP contribution in [-0.4, -0.2) is 29.2 Å². The van der Waals surface area contributed by atoms with Crippen LogP contribution in [0.3, 0.4) is 0 Å². The van der Waals surface area contributed by atoms with Crippen molar-refractivity contribution in [2.45, 2.75) is 19.7 Å². The van der Waals surface area contributed by atoms with E-state index in [9.17, 15) is 13.6 Å². The van der Waals surface area contributed by atoms with Crippen LogP contribution >= 0.6 is 0 Å². The van der Waals surface area contributed by atoms with E-state index < -0.39 is 6.61 Å². The van der Waals surface area contributed by atoms with Gasteiger partial charge in [0.2, 0.25) is 5.91 Å². The summed E-state index contributed by atoms with van der Waals surface area (Å²) in [7, 11) is 1.36. The molecule has 2 aromatic rings. The topological polar surface area (TPSA) is 65.4 Å². The summed E-state index contributed by atoms with van der Waals surface area (Å²) in [5, 5.41) is 2.72. The van der Waals surface area contributed by atoms with Crippen LogP contribution in [0.2, 0.25) is 0 Å². The molecule has 8 heteroatoms. The summed E-state index contributed by atoms with van der Waals surface area (Å²) in [4.78, 5) is 15.6. The van der Waals surface area contributed by atoms with Crippen molar-refractivity contribution in [3.05, 3.63) is 42.5 Å². The van der Waals surface area contributed by atoms with Crippen molar-refractivity contribution < 1.29 is 23.0 Å². The van der Waals surface area contributed by atoms with Gasteiger partial charge in [-0.1, -0.05) is 6.07 Å². The molecule has 6 nitrogen and oxygen atoms in total. The Balaban J connectivity index is 1.93. The van der Waals surface area contributed by atoms with E-state index in [1.807, 2.05) is 0 Å². The third-order valence-corrected chi connectivity index (χ3v) is 2.82. The van der Waals surface area contributed by atoms with Crippen molar-refractivity contribution >= 4 is 5.91 Å². The van der Waals surface area contributed by atoms with Crippen LogP contribution in [0.15, 0.2) is 36.9 Å². The predicted molar refractivity (Wildman–Crippen MR) is 73.7 cm³/mol. The number of benzene rings is 1. The molecule has 0 fully saturated rings. The molecule has 0 bridgehead atoms. The fourth-order valence-corrected chi connectivity index (χ4v) is 1.82. The number of nitrogens with one attached hydrogen (secondary N) is 1. The van der Waals surface area contributed by atoms with Gasteiger partial charge in [0.25, 0.3) is 0 Å². The molecule has 0 unspecified atom stereocenters. The first kappa shape index (κ1) is 15.7. The normalized spacial score (nSPS) is 10.5. The number of carbonyl (C=O) groups excluding carboxylic acids is 1. The molecule has 0 spiro atoms. The predicted octanol–water partition coefficient (Wildman–Crippen LogP) is 1.81. The highest BCUT2D eigenvalue weighted by Crippen LogP contribution is 2.29. The van der Waals surface area contributed by atoms with Crippen LogP contribution < -0.4 is 14.8 Å². The van der Waals surface area contributed by atoms with Gasteiger partial charge in [0.05, 0.1) is 13.4 Å². The van der Waals surface area contributed by atoms with E-state index in [2.05, 4.69) is 15.0 Å². The van der Waals surface area contributed by atoms with E-state index in [1.165, 1.54) is 19.2 Å². The smallest absolute Gasteiger partial charge is 0.387 e. The average molecular weight is 311 g/mol. The Morgan fingerprint density at radius 2 is 2.23 bits per heavy atom. The summed E-state index contributed by atoms with van der Waals surface area (Å²) >= 11 is 0. The number of hydrogen-bond acceptors (Lipinski definition) is 4. The first-order valence-corrected chi connectivity index (χ1v) is 6.42. The molecule has 1 N–H and O–H groups in total. The lowest BCUT2D eigenvalue weighted by molar-refractivity contribution is -0.121. The van der Waals surface area contributed by atoms with Crippen LogP contribution in [0.25, 0.3) is 0 Å². The van der Waals surface area contributed by atoms with Gasteiger partial charge in [0.1, 0.15) is 6.54 Å². The van der Waals surface area contributed by atoms with Crippen molar-refractivity contribution in [1.29, 1.82) is 0 Å². The number of carbonyl (C=O) groups is 1. The van der Waals surface area contributed by atoms with Crippen molar-refractivity contribution in [2.75, 3.05) is 7.11 Å². The van der Waals surface area contributed by atoms with E-state index >= 15 is 0 Å². The lowest BCUT2D eigenvalue weighted by Gasteiger charge is -2.12. The highest BCUT2D eigenvalue weighted by Gasteiger charge is 2.11. The van der Waals surface area contributed by atoms with Gasteiger partial charge in [-0.15, -0.1) is 0 Å². The Morgan fingerprint density at radius 1 is 1.41 bits per heavy atom. The van der Waals surface area contributed by atoms with Crippen LogP contribution in [-0.2, 0) is 17.9 Å².